The highest BCUT2D eigenvalue weighted by Gasteiger charge is 2.57. The van der Waals surface area contributed by atoms with Gasteiger partial charge in [0.15, 0.2) is 0 Å². The van der Waals surface area contributed by atoms with Crippen molar-refractivity contribution in [3.05, 3.63) is 11.8 Å². The van der Waals surface area contributed by atoms with E-state index in [0.29, 0.717) is 62.9 Å². The van der Waals surface area contributed by atoms with Gasteiger partial charge in [0.1, 0.15) is 0 Å². The number of nitrogens with zero attached hydrogens (tertiary/aromatic N) is 6. The number of piperidine rings is 2. The second kappa shape index (κ2) is 9.29. The van der Waals surface area contributed by atoms with Crippen LogP contribution in [-0.4, -0.2) is 70.2 Å². The van der Waals surface area contributed by atoms with E-state index in [4.69, 9.17) is 13.6 Å². The number of aromatic nitrogens is 4. The van der Waals surface area contributed by atoms with Crippen molar-refractivity contribution < 1.29 is 28.3 Å². The summed E-state index contributed by atoms with van der Waals surface area (Å²) in [7, 11) is 0. The van der Waals surface area contributed by atoms with Crippen molar-refractivity contribution in [2.24, 2.45) is 22.7 Å². The third kappa shape index (κ3) is 4.77. The molecule has 0 radical (unpaired) electrons. The van der Waals surface area contributed by atoms with Crippen molar-refractivity contribution in [3.8, 4) is 0 Å². The Morgan fingerprint density at radius 2 is 1.54 bits per heavy atom. The highest BCUT2D eigenvalue weighted by molar-refractivity contribution is 5.74. The number of unbranched alkanes of at least 4 members (excludes halogenated alkanes) is 1. The van der Waals surface area contributed by atoms with Crippen LogP contribution in [-0.2, 0) is 20.7 Å². The van der Waals surface area contributed by atoms with Crippen molar-refractivity contribution in [1.29, 1.82) is 0 Å². The predicted octanol–water partition coefficient (Wildman–Crippen LogP) is 2.62. The highest BCUT2D eigenvalue weighted by atomic mass is 16.5. The summed E-state index contributed by atoms with van der Waals surface area (Å²) in [4.78, 5) is 28.5. The number of ether oxygens (including phenoxy) is 1. The van der Waals surface area contributed by atoms with Gasteiger partial charge in [-0.05, 0) is 51.4 Å². The van der Waals surface area contributed by atoms with Gasteiger partial charge in [0.2, 0.25) is 11.8 Å². The van der Waals surface area contributed by atoms with Gasteiger partial charge in [0, 0.05) is 50.4 Å². The summed E-state index contributed by atoms with van der Waals surface area (Å²) < 4.78 is 17.1. The van der Waals surface area contributed by atoms with Crippen LogP contribution < -0.4 is 9.80 Å². The van der Waals surface area contributed by atoms with Crippen LogP contribution >= 0.6 is 0 Å². The third-order valence-electron chi connectivity index (χ3n) is 8.77. The van der Waals surface area contributed by atoms with Crippen LogP contribution in [0.2, 0.25) is 0 Å². The average Bonchev–Trinajstić information content (AvgIpc) is 3.70. The summed E-state index contributed by atoms with van der Waals surface area (Å²) in [6.07, 6.45) is 7.38. The van der Waals surface area contributed by atoms with Crippen molar-refractivity contribution in [2.75, 3.05) is 42.6 Å². The molecular formula is C25H34N6O6. The molecule has 0 amide bonds. The molecule has 12 nitrogen and oxygen atoms in total. The van der Waals surface area contributed by atoms with E-state index in [9.17, 15) is 14.7 Å². The Morgan fingerprint density at radius 3 is 2.16 bits per heavy atom. The zero-order chi connectivity index (χ0) is 25.6. The number of carbonyl (C=O) groups is 2. The zero-order valence-electron chi connectivity index (χ0n) is 21.2. The first-order valence-electron chi connectivity index (χ1n) is 13.4. The van der Waals surface area contributed by atoms with E-state index in [0.717, 1.165) is 51.5 Å². The van der Waals surface area contributed by atoms with Crippen LogP contribution in [0.15, 0.2) is 8.83 Å². The van der Waals surface area contributed by atoms with Crippen LogP contribution in [0.4, 0.5) is 12.0 Å². The van der Waals surface area contributed by atoms with E-state index in [-0.39, 0.29) is 28.6 Å². The molecule has 4 fully saturated rings. The summed E-state index contributed by atoms with van der Waals surface area (Å²) in [6.45, 7) is 4.90. The van der Waals surface area contributed by atoms with Gasteiger partial charge in [-0.25, -0.2) is 0 Å². The summed E-state index contributed by atoms with van der Waals surface area (Å²) in [5.74, 6) is -0.0346. The standard InChI is InChI=1S/C25H34N6O6/c1-16-26-28-22(36-16)30-12-6-18(25(15-30)9-10-25)21(34)35-13-3-2-4-19-27-29-23(37-19)31-11-5-17(20(32)33)24(14-31)7-8-24/h17-18H,2-15H2,1H3,(H,32,33). The number of anilines is 2. The summed E-state index contributed by atoms with van der Waals surface area (Å²) in [5.41, 5.74) is -0.167. The molecule has 200 valence electrons. The largest absolute Gasteiger partial charge is 0.481 e. The Hall–Kier alpha value is -3.18. The molecule has 37 heavy (non-hydrogen) atoms. The molecule has 6 rings (SSSR count). The quantitative estimate of drug-likeness (QED) is 0.387. The fourth-order valence-electron chi connectivity index (χ4n) is 6.27. The highest BCUT2D eigenvalue weighted by Crippen LogP contribution is 2.57. The SMILES string of the molecule is Cc1nnc(N2CCC(C(=O)OCCCCc3nnc(N4CCC(C(=O)O)C5(CC5)C4)o3)C3(CC3)C2)o1. The first-order chi connectivity index (χ1) is 17.9. The summed E-state index contributed by atoms with van der Waals surface area (Å²) in [5, 5.41) is 25.9. The first kappa shape index (κ1) is 24.2. The lowest BCUT2D eigenvalue weighted by Gasteiger charge is -2.36. The van der Waals surface area contributed by atoms with Crippen molar-refractivity contribution >= 4 is 24.0 Å². The maximum absolute atomic E-state index is 12.9. The number of carboxylic acid groups (broad SMARTS) is 1. The number of esters is 1. The Morgan fingerprint density at radius 1 is 0.919 bits per heavy atom. The van der Waals surface area contributed by atoms with Crippen LogP contribution in [0.5, 0.6) is 0 Å². The molecule has 2 aromatic rings. The maximum Gasteiger partial charge on any atom is 0.318 e. The topological polar surface area (TPSA) is 148 Å². The summed E-state index contributed by atoms with van der Waals surface area (Å²) >= 11 is 0. The Balaban J connectivity index is 0.925. The fraction of sp³-hybridized carbons (Fsp3) is 0.760. The van der Waals surface area contributed by atoms with Crippen LogP contribution in [0, 0.1) is 29.6 Å². The van der Waals surface area contributed by atoms with Gasteiger partial charge in [-0.15, -0.1) is 10.2 Å². The molecule has 12 heteroatoms. The lowest BCUT2D eigenvalue weighted by molar-refractivity contribution is -0.152. The smallest absolute Gasteiger partial charge is 0.318 e. The Kier molecular flexibility index (Phi) is 6.07. The van der Waals surface area contributed by atoms with Crippen LogP contribution in [0.1, 0.15) is 63.1 Å². The third-order valence-corrected chi connectivity index (χ3v) is 8.77. The number of aliphatic carboxylic acids is 1. The molecule has 2 aliphatic heterocycles. The van der Waals surface area contributed by atoms with Gasteiger partial charge in [-0.2, -0.15) is 0 Å². The molecule has 4 aliphatic rings. The molecule has 1 N–H and O–H groups in total. The molecule has 4 heterocycles. The predicted molar refractivity (Wildman–Crippen MR) is 129 cm³/mol. The van der Waals surface area contributed by atoms with Gasteiger partial charge < -0.3 is 28.5 Å². The maximum atomic E-state index is 12.9. The number of hydrogen-bond donors (Lipinski definition) is 1. The molecule has 0 bridgehead atoms. The Bertz CT molecular complexity index is 1150. The molecule has 2 spiro atoms. The van der Waals surface area contributed by atoms with Crippen molar-refractivity contribution in [2.45, 2.75) is 64.7 Å². The van der Waals surface area contributed by atoms with Crippen molar-refractivity contribution in [3.63, 3.8) is 0 Å². The van der Waals surface area contributed by atoms with Gasteiger partial charge in [0.25, 0.3) is 0 Å². The van der Waals surface area contributed by atoms with Crippen molar-refractivity contribution in [1.82, 2.24) is 20.4 Å². The van der Waals surface area contributed by atoms with E-state index < -0.39 is 5.97 Å². The number of carbonyl (C=O) groups excluding carboxylic acids is 1. The lowest BCUT2D eigenvalue weighted by Crippen LogP contribution is -2.45. The van der Waals surface area contributed by atoms with Gasteiger partial charge in [-0.3, -0.25) is 9.59 Å². The number of hydrogen-bond acceptors (Lipinski definition) is 11. The molecule has 2 saturated heterocycles. The second-order valence-electron chi connectivity index (χ2n) is 11.3. The lowest BCUT2D eigenvalue weighted by atomic mass is 9.82. The molecule has 2 atom stereocenters. The molecule has 2 unspecified atom stereocenters. The fourth-order valence-corrected chi connectivity index (χ4v) is 6.27. The molecule has 0 aromatic carbocycles. The Labute approximate surface area is 214 Å². The van der Waals surface area contributed by atoms with Gasteiger partial charge >= 0.3 is 24.0 Å². The van der Waals surface area contributed by atoms with Gasteiger partial charge in [0.05, 0.1) is 18.4 Å². The van der Waals surface area contributed by atoms with Gasteiger partial charge in [-0.1, -0.05) is 10.2 Å². The minimum atomic E-state index is -0.694. The van der Waals surface area contributed by atoms with E-state index >= 15 is 0 Å². The minimum absolute atomic E-state index is 0.0319. The van der Waals surface area contributed by atoms with E-state index in [1.54, 1.807) is 6.92 Å². The number of carboxylic acids is 1. The minimum Gasteiger partial charge on any atom is -0.481 e. The normalized spacial score (nSPS) is 25.4. The molecular weight excluding hydrogens is 480 g/mol. The van der Waals surface area contributed by atoms with Crippen LogP contribution in [0.25, 0.3) is 0 Å². The number of rotatable bonds is 9. The molecule has 2 saturated carbocycles. The van der Waals surface area contributed by atoms with E-state index in [1.165, 1.54) is 0 Å². The van der Waals surface area contributed by atoms with Crippen LogP contribution in [0.3, 0.4) is 0 Å². The molecule has 2 aromatic heterocycles. The van der Waals surface area contributed by atoms with E-state index in [1.807, 2.05) is 4.90 Å². The first-order valence-corrected chi connectivity index (χ1v) is 13.4. The molecule has 2 aliphatic carbocycles. The zero-order valence-corrected chi connectivity index (χ0v) is 21.2. The summed E-state index contributed by atoms with van der Waals surface area (Å²) in [6, 6.07) is 1.02. The second-order valence-corrected chi connectivity index (χ2v) is 11.3. The van der Waals surface area contributed by atoms with E-state index in [2.05, 4.69) is 25.3 Å². The monoisotopic (exact) mass is 514 g/mol. The number of aryl methyl sites for hydroxylation is 2. The average molecular weight is 515 g/mol.